The predicted molar refractivity (Wildman–Crippen MR) is 78.8 cm³/mol. The first-order valence-electron chi connectivity index (χ1n) is 6.76. The molecule has 2 saturated heterocycles. The van der Waals surface area contributed by atoms with Gasteiger partial charge in [0.2, 0.25) is 0 Å². The van der Waals surface area contributed by atoms with Crippen molar-refractivity contribution in [2.75, 3.05) is 23.0 Å². The van der Waals surface area contributed by atoms with Gasteiger partial charge in [-0.3, -0.25) is 0 Å². The van der Waals surface area contributed by atoms with Crippen molar-refractivity contribution in [1.29, 1.82) is 0 Å². The summed E-state index contributed by atoms with van der Waals surface area (Å²) in [5.41, 5.74) is 0. The normalized spacial score (nSPS) is 21.3. The largest absolute Gasteiger partial charge is 1.00 e. The van der Waals surface area contributed by atoms with Crippen molar-refractivity contribution in [1.82, 2.24) is 0 Å². The lowest BCUT2D eigenvalue weighted by molar-refractivity contribution is -0.00000431. The summed E-state index contributed by atoms with van der Waals surface area (Å²) in [4.78, 5) is 0. The highest BCUT2D eigenvalue weighted by atomic mass is 79.9. The van der Waals surface area contributed by atoms with E-state index in [9.17, 15) is 0 Å². The van der Waals surface area contributed by atoms with Crippen LogP contribution in [0.1, 0.15) is 37.2 Å². The molecule has 1 aromatic rings. The van der Waals surface area contributed by atoms with Gasteiger partial charge < -0.3 is 21.4 Å². The molecule has 0 amide bonds. The molecule has 0 spiro atoms. The molecule has 1 aromatic heterocycles. The Morgan fingerprint density at radius 1 is 0.778 bits per heavy atom. The maximum atomic E-state index is 6.02. The second-order valence-corrected chi connectivity index (χ2v) is 9.77. The molecular formula is C14H22BrOS2+. The Balaban J connectivity index is 0.00000120. The van der Waals surface area contributed by atoms with Crippen LogP contribution in [0.25, 0.3) is 0 Å². The highest BCUT2D eigenvalue weighted by Crippen LogP contribution is 2.23. The Hall–Kier alpha value is 0.460. The van der Waals surface area contributed by atoms with Crippen LogP contribution in [0.2, 0.25) is 0 Å². The van der Waals surface area contributed by atoms with E-state index in [2.05, 4.69) is 12.1 Å². The summed E-state index contributed by atoms with van der Waals surface area (Å²) in [6, 6.07) is 4.47. The van der Waals surface area contributed by atoms with Gasteiger partial charge in [-0.1, -0.05) is 0 Å². The van der Waals surface area contributed by atoms with Gasteiger partial charge in [0.25, 0.3) is 0 Å². The van der Waals surface area contributed by atoms with E-state index in [4.69, 9.17) is 4.42 Å². The van der Waals surface area contributed by atoms with Crippen molar-refractivity contribution in [3.63, 3.8) is 0 Å². The van der Waals surface area contributed by atoms with Gasteiger partial charge >= 0.3 is 0 Å². The summed E-state index contributed by atoms with van der Waals surface area (Å²) in [6.07, 6.45) is 5.78. The predicted octanol–water partition coefficient (Wildman–Crippen LogP) is 0.108. The summed E-state index contributed by atoms with van der Waals surface area (Å²) >= 11 is 0. The summed E-state index contributed by atoms with van der Waals surface area (Å²) in [6.45, 7) is 0. The van der Waals surface area contributed by atoms with Gasteiger partial charge in [-0.25, -0.2) is 0 Å². The highest BCUT2D eigenvalue weighted by Gasteiger charge is 2.28. The molecule has 2 fully saturated rings. The Kier molecular flexibility index (Phi) is 6.02. The fraction of sp³-hybridized carbons (Fsp3) is 0.714. The van der Waals surface area contributed by atoms with Gasteiger partial charge in [0.1, 0.15) is 23.0 Å². The van der Waals surface area contributed by atoms with Crippen LogP contribution in [0.5, 0.6) is 0 Å². The summed E-state index contributed by atoms with van der Waals surface area (Å²) in [5, 5.41) is 0. The SMILES string of the molecule is [Br-].c1cc(C[S+]2CCCC2)oc1C[S+]1CCCC1. The lowest BCUT2D eigenvalue weighted by Crippen LogP contribution is -3.00. The molecule has 3 rings (SSSR count). The molecule has 0 atom stereocenters. The Morgan fingerprint density at radius 3 is 1.56 bits per heavy atom. The summed E-state index contributed by atoms with van der Waals surface area (Å²) in [5.74, 6) is 10.7. The molecule has 0 unspecified atom stereocenters. The Bertz CT molecular complexity index is 322. The number of hydrogen-bond acceptors (Lipinski definition) is 1. The molecule has 102 valence electrons. The maximum Gasteiger partial charge on any atom is 0.165 e. The number of hydrogen-bond donors (Lipinski definition) is 0. The van der Waals surface area contributed by atoms with Crippen LogP contribution >= 0.6 is 0 Å². The van der Waals surface area contributed by atoms with Crippen LogP contribution in [0.3, 0.4) is 0 Å². The van der Waals surface area contributed by atoms with Crippen molar-refractivity contribution in [3.05, 3.63) is 23.7 Å². The van der Waals surface area contributed by atoms with Crippen LogP contribution in [-0.2, 0) is 33.3 Å². The van der Waals surface area contributed by atoms with E-state index >= 15 is 0 Å². The topological polar surface area (TPSA) is 13.1 Å². The van der Waals surface area contributed by atoms with Crippen molar-refractivity contribution >= 4 is 21.8 Å². The van der Waals surface area contributed by atoms with E-state index in [1.165, 1.54) is 71.7 Å². The molecular weight excluding hydrogens is 328 g/mol. The van der Waals surface area contributed by atoms with Crippen molar-refractivity contribution in [2.45, 2.75) is 37.2 Å². The lowest BCUT2D eigenvalue weighted by atomic mass is 10.4. The van der Waals surface area contributed by atoms with E-state index in [0.717, 1.165) is 0 Å². The van der Waals surface area contributed by atoms with Crippen LogP contribution in [0, 0.1) is 0 Å². The van der Waals surface area contributed by atoms with Crippen LogP contribution in [-0.4, -0.2) is 23.0 Å². The first kappa shape index (κ1) is 14.9. The van der Waals surface area contributed by atoms with E-state index in [-0.39, 0.29) is 17.0 Å². The van der Waals surface area contributed by atoms with Gasteiger partial charge in [-0.05, 0) is 59.6 Å². The smallest absolute Gasteiger partial charge is 0.165 e. The number of halogens is 1. The van der Waals surface area contributed by atoms with Crippen LogP contribution in [0.4, 0.5) is 0 Å². The Morgan fingerprint density at radius 2 is 1.17 bits per heavy atom. The molecule has 18 heavy (non-hydrogen) atoms. The number of rotatable bonds is 4. The third-order valence-corrected chi connectivity index (χ3v) is 8.49. The van der Waals surface area contributed by atoms with Crippen LogP contribution in [0.15, 0.2) is 16.5 Å². The van der Waals surface area contributed by atoms with E-state index in [0.29, 0.717) is 21.8 Å². The molecule has 4 heteroatoms. The lowest BCUT2D eigenvalue weighted by Gasteiger charge is -1.99. The molecule has 2 aliphatic rings. The van der Waals surface area contributed by atoms with Crippen LogP contribution < -0.4 is 17.0 Å². The highest BCUT2D eigenvalue weighted by molar-refractivity contribution is 7.96. The third-order valence-electron chi connectivity index (χ3n) is 3.64. The molecule has 0 radical (unpaired) electrons. The minimum Gasteiger partial charge on any atom is -1.00 e. The zero-order valence-corrected chi connectivity index (χ0v) is 14.0. The fourth-order valence-corrected chi connectivity index (χ4v) is 7.25. The summed E-state index contributed by atoms with van der Waals surface area (Å²) < 4.78 is 6.02. The molecule has 0 saturated carbocycles. The molecule has 1 nitrogen and oxygen atoms in total. The maximum absolute atomic E-state index is 6.02. The average molecular weight is 350 g/mol. The third kappa shape index (κ3) is 3.97. The number of furan rings is 1. The minimum absolute atomic E-state index is 0. The standard InChI is InChI=1S/C14H22OS2.BrH/c1-2-8-16(7-1)11-13-5-6-14(15-13)12-17-9-3-4-10-17;/h5-6H,1-4,7-12H2;1H/q+2;/p-1. The first-order chi connectivity index (χ1) is 8.40. The Labute approximate surface area is 127 Å². The van der Waals surface area contributed by atoms with Gasteiger partial charge in [-0.2, -0.15) is 0 Å². The average Bonchev–Trinajstić information content (AvgIpc) is 3.02. The van der Waals surface area contributed by atoms with E-state index in [1.54, 1.807) is 0 Å². The molecule has 0 aromatic carbocycles. The zero-order chi connectivity index (χ0) is 11.5. The van der Waals surface area contributed by atoms with Gasteiger partial charge in [0.05, 0.1) is 0 Å². The monoisotopic (exact) mass is 349 g/mol. The molecule has 0 N–H and O–H groups in total. The van der Waals surface area contributed by atoms with Crippen molar-refractivity contribution < 1.29 is 21.4 Å². The molecule has 0 bridgehead atoms. The van der Waals surface area contributed by atoms with E-state index in [1.807, 2.05) is 0 Å². The first-order valence-corrected chi connectivity index (χ1v) is 10.2. The second kappa shape index (κ2) is 7.30. The molecule has 3 heterocycles. The van der Waals surface area contributed by atoms with Gasteiger partial charge in [0, 0.05) is 0 Å². The van der Waals surface area contributed by atoms with E-state index < -0.39 is 0 Å². The molecule has 0 aliphatic carbocycles. The van der Waals surface area contributed by atoms with Gasteiger partial charge in [-0.15, -0.1) is 0 Å². The van der Waals surface area contributed by atoms with Crippen molar-refractivity contribution in [3.8, 4) is 0 Å². The second-order valence-electron chi connectivity index (χ2n) is 5.11. The fourth-order valence-electron chi connectivity index (χ4n) is 2.70. The van der Waals surface area contributed by atoms with Crippen molar-refractivity contribution in [2.24, 2.45) is 0 Å². The summed E-state index contributed by atoms with van der Waals surface area (Å²) in [7, 11) is 1.28. The minimum atomic E-state index is 0. The quantitative estimate of drug-likeness (QED) is 0.703. The zero-order valence-electron chi connectivity index (χ0n) is 10.8. The molecule has 2 aliphatic heterocycles. The van der Waals surface area contributed by atoms with Gasteiger partial charge in [0.15, 0.2) is 23.0 Å².